The maximum absolute atomic E-state index is 13.5. The molecule has 0 saturated heterocycles. The van der Waals surface area contributed by atoms with Crippen molar-refractivity contribution in [3.8, 4) is 0 Å². The van der Waals surface area contributed by atoms with Crippen LogP contribution in [0.1, 0.15) is 25.0 Å². The first-order valence-electron chi connectivity index (χ1n) is 11.0. The number of carbonyl (C=O) groups is 2. The minimum Gasteiger partial charge on any atom is -0.352 e. The van der Waals surface area contributed by atoms with Crippen molar-refractivity contribution in [1.29, 1.82) is 0 Å². The van der Waals surface area contributed by atoms with Crippen LogP contribution in [0.25, 0.3) is 0 Å². The summed E-state index contributed by atoms with van der Waals surface area (Å²) >= 11 is 7.67. The van der Waals surface area contributed by atoms with E-state index in [2.05, 4.69) is 5.32 Å². The first kappa shape index (κ1) is 24.9. The Bertz CT molecular complexity index is 1040. The summed E-state index contributed by atoms with van der Waals surface area (Å²) in [6, 6.07) is 26.4. The molecule has 172 valence electrons. The second kappa shape index (κ2) is 12.5. The predicted molar refractivity (Wildman–Crippen MR) is 136 cm³/mol. The maximum Gasteiger partial charge on any atom is 0.243 e. The van der Waals surface area contributed by atoms with Crippen molar-refractivity contribution in [3.63, 3.8) is 0 Å². The Morgan fingerprint density at radius 2 is 1.55 bits per heavy atom. The molecule has 6 heteroatoms. The van der Waals surface area contributed by atoms with Gasteiger partial charge in [0.2, 0.25) is 11.8 Å². The lowest BCUT2D eigenvalue weighted by molar-refractivity contribution is -0.139. The van der Waals surface area contributed by atoms with Gasteiger partial charge in [0.25, 0.3) is 0 Å². The molecule has 33 heavy (non-hydrogen) atoms. The molecule has 1 atom stereocenters. The van der Waals surface area contributed by atoms with Crippen molar-refractivity contribution in [1.82, 2.24) is 10.2 Å². The van der Waals surface area contributed by atoms with Gasteiger partial charge in [-0.05, 0) is 49.2 Å². The standard InChI is InChI=1S/C27H29ClN2O2S/c1-20(2)29-27(32)25(17-21-10-5-3-6-11-21)30(18-22-12-9-13-23(28)16-22)26(31)19-33-24-14-7-4-8-15-24/h3-16,20,25H,17-19H2,1-2H3,(H,29,32)/t25-/m1/s1. The van der Waals surface area contributed by atoms with E-state index < -0.39 is 6.04 Å². The number of thioether (sulfide) groups is 1. The van der Waals surface area contributed by atoms with Gasteiger partial charge in [0.1, 0.15) is 6.04 Å². The fourth-order valence-corrected chi connectivity index (χ4v) is 4.53. The second-order valence-electron chi connectivity index (χ2n) is 8.12. The van der Waals surface area contributed by atoms with Crippen molar-refractivity contribution in [3.05, 3.63) is 101 Å². The molecule has 0 bridgehead atoms. The number of hydrogen-bond acceptors (Lipinski definition) is 3. The van der Waals surface area contributed by atoms with Crippen LogP contribution in [0.2, 0.25) is 5.02 Å². The minimum atomic E-state index is -0.641. The fraction of sp³-hybridized carbons (Fsp3) is 0.259. The van der Waals surface area contributed by atoms with E-state index in [0.29, 0.717) is 18.0 Å². The summed E-state index contributed by atoms with van der Waals surface area (Å²) in [5.41, 5.74) is 1.89. The molecule has 3 aromatic rings. The molecule has 3 aromatic carbocycles. The predicted octanol–water partition coefficient (Wildman–Crippen LogP) is 5.60. The Balaban J connectivity index is 1.90. The molecule has 0 saturated carbocycles. The fourth-order valence-electron chi connectivity index (χ4n) is 3.51. The number of benzene rings is 3. The summed E-state index contributed by atoms with van der Waals surface area (Å²) in [5.74, 6) is -0.0113. The van der Waals surface area contributed by atoms with E-state index in [9.17, 15) is 9.59 Å². The van der Waals surface area contributed by atoms with Crippen molar-refractivity contribution in [2.75, 3.05) is 5.75 Å². The molecule has 0 unspecified atom stereocenters. The van der Waals surface area contributed by atoms with Crippen LogP contribution in [0.15, 0.2) is 89.8 Å². The number of halogens is 1. The summed E-state index contributed by atoms with van der Waals surface area (Å²) in [4.78, 5) is 29.5. The molecular weight excluding hydrogens is 452 g/mol. The second-order valence-corrected chi connectivity index (χ2v) is 9.61. The van der Waals surface area contributed by atoms with Crippen LogP contribution in [-0.2, 0) is 22.6 Å². The zero-order valence-electron chi connectivity index (χ0n) is 18.9. The molecule has 2 amide bonds. The van der Waals surface area contributed by atoms with Crippen molar-refractivity contribution in [2.24, 2.45) is 0 Å². The van der Waals surface area contributed by atoms with Crippen LogP contribution >= 0.6 is 23.4 Å². The van der Waals surface area contributed by atoms with Crippen molar-refractivity contribution >= 4 is 35.2 Å². The highest BCUT2D eigenvalue weighted by Gasteiger charge is 2.30. The highest BCUT2D eigenvalue weighted by Crippen LogP contribution is 2.22. The van der Waals surface area contributed by atoms with Crippen LogP contribution in [0.3, 0.4) is 0 Å². The van der Waals surface area contributed by atoms with Gasteiger partial charge in [0.05, 0.1) is 5.75 Å². The lowest BCUT2D eigenvalue weighted by Crippen LogP contribution is -2.52. The van der Waals surface area contributed by atoms with Crippen LogP contribution in [-0.4, -0.2) is 34.6 Å². The van der Waals surface area contributed by atoms with E-state index in [-0.39, 0.29) is 23.6 Å². The highest BCUT2D eigenvalue weighted by molar-refractivity contribution is 8.00. The van der Waals surface area contributed by atoms with E-state index in [1.807, 2.05) is 92.7 Å². The Morgan fingerprint density at radius 1 is 0.909 bits per heavy atom. The number of nitrogens with zero attached hydrogens (tertiary/aromatic N) is 1. The Labute approximate surface area is 205 Å². The maximum atomic E-state index is 13.5. The topological polar surface area (TPSA) is 49.4 Å². The normalized spacial score (nSPS) is 11.8. The van der Waals surface area contributed by atoms with E-state index in [1.54, 1.807) is 11.0 Å². The highest BCUT2D eigenvalue weighted by atomic mass is 35.5. The molecule has 0 fully saturated rings. The summed E-state index contributed by atoms with van der Waals surface area (Å²) < 4.78 is 0. The van der Waals surface area contributed by atoms with Crippen LogP contribution in [0, 0.1) is 0 Å². The molecule has 1 N–H and O–H groups in total. The molecule has 0 aromatic heterocycles. The molecule has 0 aliphatic heterocycles. The quantitative estimate of drug-likeness (QED) is 0.384. The molecule has 0 aliphatic carbocycles. The van der Waals surface area contributed by atoms with E-state index >= 15 is 0 Å². The molecule has 0 heterocycles. The minimum absolute atomic E-state index is 0.0300. The average Bonchev–Trinajstić information content (AvgIpc) is 2.80. The molecular formula is C27H29ClN2O2S. The Hall–Kier alpha value is -2.76. The Morgan fingerprint density at radius 3 is 2.18 bits per heavy atom. The van der Waals surface area contributed by atoms with Gasteiger partial charge in [-0.2, -0.15) is 0 Å². The van der Waals surface area contributed by atoms with Crippen molar-refractivity contribution in [2.45, 2.75) is 43.8 Å². The van der Waals surface area contributed by atoms with Gasteiger partial charge in [-0.1, -0.05) is 72.3 Å². The van der Waals surface area contributed by atoms with Gasteiger partial charge < -0.3 is 10.2 Å². The summed E-state index contributed by atoms with van der Waals surface area (Å²) in [6.07, 6.45) is 0.432. The van der Waals surface area contributed by atoms with Gasteiger partial charge in [0, 0.05) is 28.9 Å². The molecule has 0 spiro atoms. The third-order valence-electron chi connectivity index (χ3n) is 5.05. The number of hydrogen-bond donors (Lipinski definition) is 1. The largest absolute Gasteiger partial charge is 0.352 e. The van der Waals surface area contributed by atoms with Gasteiger partial charge >= 0.3 is 0 Å². The lowest BCUT2D eigenvalue weighted by Gasteiger charge is -2.32. The summed E-state index contributed by atoms with van der Waals surface area (Å²) in [5, 5.41) is 3.61. The lowest BCUT2D eigenvalue weighted by atomic mass is 10.0. The monoisotopic (exact) mass is 480 g/mol. The van der Waals surface area contributed by atoms with Gasteiger partial charge in [-0.3, -0.25) is 9.59 Å². The SMILES string of the molecule is CC(C)NC(=O)[C@@H](Cc1ccccc1)N(Cc1cccc(Cl)c1)C(=O)CSc1ccccc1. The van der Waals surface area contributed by atoms with Gasteiger partial charge in [0.15, 0.2) is 0 Å². The van der Waals surface area contributed by atoms with E-state index in [0.717, 1.165) is 16.0 Å². The smallest absolute Gasteiger partial charge is 0.243 e. The van der Waals surface area contributed by atoms with Crippen molar-refractivity contribution < 1.29 is 9.59 Å². The third-order valence-corrected chi connectivity index (χ3v) is 6.28. The zero-order chi connectivity index (χ0) is 23.6. The van der Waals surface area contributed by atoms with Crippen LogP contribution in [0.4, 0.5) is 0 Å². The third kappa shape index (κ3) is 7.95. The average molecular weight is 481 g/mol. The first-order chi connectivity index (χ1) is 15.9. The molecule has 0 radical (unpaired) electrons. The van der Waals surface area contributed by atoms with Crippen LogP contribution < -0.4 is 5.32 Å². The molecule has 3 rings (SSSR count). The molecule has 0 aliphatic rings. The first-order valence-corrected chi connectivity index (χ1v) is 12.3. The summed E-state index contributed by atoms with van der Waals surface area (Å²) in [6.45, 7) is 4.15. The summed E-state index contributed by atoms with van der Waals surface area (Å²) in [7, 11) is 0. The number of nitrogens with one attached hydrogen (secondary N) is 1. The molecule has 4 nitrogen and oxygen atoms in total. The number of amides is 2. The number of rotatable bonds is 10. The number of carbonyl (C=O) groups excluding carboxylic acids is 2. The Kier molecular flexibility index (Phi) is 9.40. The van der Waals surface area contributed by atoms with Gasteiger partial charge in [-0.15, -0.1) is 11.8 Å². The van der Waals surface area contributed by atoms with Crippen LogP contribution in [0.5, 0.6) is 0 Å². The zero-order valence-corrected chi connectivity index (χ0v) is 20.5. The van der Waals surface area contributed by atoms with Gasteiger partial charge in [-0.25, -0.2) is 0 Å². The van der Waals surface area contributed by atoms with E-state index in [1.165, 1.54) is 11.8 Å². The van der Waals surface area contributed by atoms with E-state index in [4.69, 9.17) is 11.6 Å².